The zero-order valence-corrected chi connectivity index (χ0v) is 11.9. The van der Waals surface area contributed by atoms with Crippen LogP contribution in [0.4, 0.5) is 0 Å². The van der Waals surface area contributed by atoms with Gasteiger partial charge in [0.2, 0.25) is 11.8 Å². The van der Waals surface area contributed by atoms with Crippen molar-refractivity contribution >= 4 is 11.8 Å². The number of furan rings is 1. The van der Waals surface area contributed by atoms with E-state index in [0.717, 1.165) is 25.2 Å². The van der Waals surface area contributed by atoms with Gasteiger partial charge in [0.05, 0.1) is 24.8 Å². The highest BCUT2D eigenvalue weighted by molar-refractivity contribution is 5.89. The summed E-state index contributed by atoms with van der Waals surface area (Å²) < 4.78 is 10.7. The predicted octanol–water partition coefficient (Wildman–Crippen LogP) is 0.923. The van der Waals surface area contributed by atoms with Gasteiger partial charge >= 0.3 is 0 Å². The first-order valence-corrected chi connectivity index (χ1v) is 7.42. The lowest BCUT2D eigenvalue weighted by Gasteiger charge is -2.16. The molecule has 2 saturated heterocycles. The van der Waals surface area contributed by atoms with Crippen molar-refractivity contribution in [1.29, 1.82) is 0 Å². The zero-order valence-electron chi connectivity index (χ0n) is 11.9. The number of carbonyl (C=O) groups is 2. The summed E-state index contributed by atoms with van der Waals surface area (Å²) in [5, 5.41) is 2.90. The number of likely N-dealkylation sites (tertiary alicyclic amines) is 1. The molecule has 0 aromatic carbocycles. The molecule has 0 radical (unpaired) electrons. The van der Waals surface area contributed by atoms with Crippen LogP contribution in [-0.4, -0.2) is 42.5 Å². The summed E-state index contributed by atoms with van der Waals surface area (Å²) in [7, 11) is 0. The molecule has 2 atom stereocenters. The molecule has 2 aliphatic rings. The summed E-state index contributed by atoms with van der Waals surface area (Å²) in [6.45, 7) is 2.21. The number of hydrogen-bond donors (Lipinski definition) is 1. The van der Waals surface area contributed by atoms with Crippen molar-refractivity contribution in [2.45, 2.75) is 31.9 Å². The summed E-state index contributed by atoms with van der Waals surface area (Å²) in [5.74, 6) is 0.419. The third-order valence-electron chi connectivity index (χ3n) is 4.04. The summed E-state index contributed by atoms with van der Waals surface area (Å²) in [5.41, 5.74) is 0. The minimum absolute atomic E-state index is 0.00339. The van der Waals surface area contributed by atoms with Gasteiger partial charge in [0, 0.05) is 26.1 Å². The maximum atomic E-state index is 12.1. The minimum Gasteiger partial charge on any atom is -0.467 e. The van der Waals surface area contributed by atoms with Crippen molar-refractivity contribution in [3.05, 3.63) is 24.2 Å². The molecule has 3 rings (SSSR count). The van der Waals surface area contributed by atoms with E-state index < -0.39 is 0 Å². The fourth-order valence-electron chi connectivity index (χ4n) is 2.86. The molecule has 2 fully saturated rings. The Bertz CT molecular complexity index is 494. The van der Waals surface area contributed by atoms with Crippen LogP contribution in [0.2, 0.25) is 0 Å². The smallest absolute Gasteiger partial charge is 0.225 e. The molecule has 6 heteroatoms. The number of nitrogens with one attached hydrogen (secondary N) is 1. The summed E-state index contributed by atoms with van der Waals surface area (Å²) in [6.07, 6.45) is 4.04. The van der Waals surface area contributed by atoms with Gasteiger partial charge in [0.25, 0.3) is 0 Å². The normalized spacial score (nSPS) is 25.5. The van der Waals surface area contributed by atoms with Gasteiger partial charge in [-0.15, -0.1) is 0 Å². The van der Waals surface area contributed by atoms with Crippen LogP contribution in [0.15, 0.2) is 22.8 Å². The first-order valence-electron chi connectivity index (χ1n) is 7.42. The highest BCUT2D eigenvalue weighted by atomic mass is 16.5. The van der Waals surface area contributed by atoms with Gasteiger partial charge in [-0.3, -0.25) is 9.59 Å². The van der Waals surface area contributed by atoms with E-state index in [1.807, 2.05) is 6.07 Å². The van der Waals surface area contributed by atoms with E-state index in [4.69, 9.17) is 9.15 Å². The molecule has 2 amide bonds. The van der Waals surface area contributed by atoms with E-state index >= 15 is 0 Å². The monoisotopic (exact) mass is 292 g/mol. The lowest BCUT2D eigenvalue weighted by Crippen LogP contribution is -2.37. The molecule has 1 aromatic heterocycles. The number of carbonyl (C=O) groups excluding carboxylic acids is 2. The summed E-state index contributed by atoms with van der Waals surface area (Å²) >= 11 is 0. The zero-order chi connectivity index (χ0) is 14.7. The number of rotatable bonds is 5. The van der Waals surface area contributed by atoms with Crippen molar-refractivity contribution in [2.24, 2.45) is 5.92 Å². The minimum atomic E-state index is -0.270. The predicted molar refractivity (Wildman–Crippen MR) is 74.2 cm³/mol. The third-order valence-corrected chi connectivity index (χ3v) is 4.04. The second-order valence-electron chi connectivity index (χ2n) is 5.63. The molecular formula is C15H20N2O4. The summed E-state index contributed by atoms with van der Waals surface area (Å²) in [6, 6.07) is 3.62. The van der Waals surface area contributed by atoms with Crippen LogP contribution in [0.1, 0.15) is 25.0 Å². The van der Waals surface area contributed by atoms with E-state index in [9.17, 15) is 9.59 Å². The van der Waals surface area contributed by atoms with Gasteiger partial charge in [-0.2, -0.15) is 0 Å². The van der Waals surface area contributed by atoms with E-state index in [0.29, 0.717) is 19.6 Å². The number of ether oxygens (including phenoxy) is 1. The first kappa shape index (κ1) is 14.1. The first-order chi connectivity index (χ1) is 10.2. The van der Waals surface area contributed by atoms with Crippen LogP contribution in [0.3, 0.4) is 0 Å². The van der Waals surface area contributed by atoms with Crippen LogP contribution in [0.5, 0.6) is 0 Å². The molecule has 0 spiro atoms. The highest BCUT2D eigenvalue weighted by Gasteiger charge is 2.34. The van der Waals surface area contributed by atoms with Gasteiger partial charge in [-0.05, 0) is 25.0 Å². The second kappa shape index (κ2) is 6.30. The molecular weight excluding hydrogens is 272 g/mol. The van der Waals surface area contributed by atoms with Crippen LogP contribution in [0, 0.1) is 5.92 Å². The molecule has 114 valence electrons. The fraction of sp³-hybridized carbons (Fsp3) is 0.600. The van der Waals surface area contributed by atoms with Crippen molar-refractivity contribution in [2.75, 3.05) is 19.7 Å². The van der Waals surface area contributed by atoms with Crippen molar-refractivity contribution in [3.8, 4) is 0 Å². The molecule has 3 heterocycles. The number of nitrogens with zero attached hydrogens (tertiary/aromatic N) is 1. The molecule has 21 heavy (non-hydrogen) atoms. The van der Waals surface area contributed by atoms with Gasteiger partial charge in [0.15, 0.2) is 0 Å². The Morgan fingerprint density at radius 3 is 3.10 bits per heavy atom. The van der Waals surface area contributed by atoms with Gasteiger partial charge < -0.3 is 19.4 Å². The Morgan fingerprint density at radius 1 is 1.48 bits per heavy atom. The topological polar surface area (TPSA) is 71.8 Å². The van der Waals surface area contributed by atoms with E-state index in [-0.39, 0.29) is 30.3 Å². The van der Waals surface area contributed by atoms with Crippen LogP contribution in [-0.2, 0) is 20.9 Å². The van der Waals surface area contributed by atoms with E-state index in [1.54, 1.807) is 17.2 Å². The van der Waals surface area contributed by atoms with Gasteiger partial charge in [0.1, 0.15) is 5.76 Å². The molecule has 0 saturated carbocycles. The highest BCUT2D eigenvalue weighted by Crippen LogP contribution is 2.21. The largest absolute Gasteiger partial charge is 0.467 e. The Hall–Kier alpha value is -1.82. The average Bonchev–Trinajstić information content (AvgIpc) is 3.20. The van der Waals surface area contributed by atoms with Crippen molar-refractivity contribution < 1.29 is 18.7 Å². The van der Waals surface area contributed by atoms with Crippen molar-refractivity contribution in [1.82, 2.24) is 10.2 Å². The average molecular weight is 292 g/mol. The Morgan fingerprint density at radius 2 is 2.38 bits per heavy atom. The van der Waals surface area contributed by atoms with Crippen LogP contribution >= 0.6 is 0 Å². The SMILES string of the molecule is O=C(NCC1CCCO1)C1CC(=O)N(Cc2ccco2)C1. The number of hydrogen-bond acceptors (Lipinski definition) is 4. The molecule has 1 aromatic rings. The molecule has 0 aliphatic carbocycles. The molecule has 2 unspecified atom stereocenters. The Balaban J connectivity index is 1.47. The second-order valence-corrected chi connectivity index (χ2v) is 5.63. The lowest BCUT2D eigenvalue weighted by molar-refractivity contribution is -0.129. The van der Waals surface area contributed by atoms with E-state index in [2.05, 4.69) is 5.32 Å². The van der Waals surface area contributed by atoms with Gasteiger partial charge in [-0.25, -0.2) is 0 Å². The molecule has 0 bridgehead atoms. The quantitative estimate of drug-likeness (QED) is 0.876. The van der Waals surface area contributed by atoms with E-state index in [1.165, 1.54) is 0 Å². The van der Waals surface area contributed by atoms with Gasteiger partial charge in [-0.1, -0.05) is 0 Å². The molecule has 6 nitrogen and oxygen atoms in total. The number of amides is 2. The maximum absolute atomic E-state index is 12.1. The molecule has 2 aliphatic heterocycles. The summed E-state index contributed by atoms with van der Waals surface area (Å²) in [4.78, 5) is 25.8. The van der Waals surface area contributed by atoms with Crippen molar-refractivity contribution in [3.63, 3.8) is 0 Å². The fourth-order valence-corrected chi connectivity index (χ4v) is 2.86. The maximum Gasteiger partial charge on any atom is 0.225 e. The molecule has 1 N–H and O–H groups in total. The van der Waals surface area contributed by atoms with Crippen LogP contribution < -0.4 is 5.32 Å². The Labute approximate surface area is 123 Å². The van der Waals surface area contributed by atoms with Crippen LogP contribution in [0.25, 0.3) is 0 Å². The lowest BCUT2D eigenvalue weighted by atomic mass is 10.1. The third kappa shape index (κ3) is 3.44. The standard InChI is InChI=1S/C15H20N2O4/c18-14-7-11(9-17(14)10-13-4-2-6-21-13)15(19)16-8-12-3-1-5-20-12/h2,4,6,11-12H,1,3,5,7-10H2,(H,16,19). The Kier molecular flexibility index (Phi) is 4.24.